The van der Waals surface area contributed by atoms with Crippen LogP contribution in [0, 0.1) is 0 Å². The molecule has 0 saturated heterocycles. The van der Waals surface area contributed by atoms with Crippen LogP contribution in [-0.2, 0) is 51.8 Å². The third-order valence-corrected chi connectivity index (χ3v) is 1.11. The molecule has 0 aliphatic heterocycles. The van der Waals surface area contributed by atoms with Crippen LogP contribution in [0.1, 0.15) is 41.5 Å². The average Bonchev–Trinajstić information content (AvgIpc) is 1.72. The normalized spacial score (nSPS) is 10.2. The van der Waals surface area contributed by atoms with Crippen LogP contribution in [0.25, 0.3) is 0 Å². The predicted molar refractivity (Wildman–Crippen MR) is 81.6 cm³/mol. The molecule has 7 heteroatoms. The van der Waals surface area contributed by atoms with E-state index >= 15 is 0 Å². The third-order valence-electron chi connectivity index (χ3n) is 0.779. The Hall–Kier alpha value is 0.739. The summed E-state index contributed by atoms with van der Waals surface area (Å²) < 4.78 is 10.4. The largest absolute Gasteiger partial charge is 2.00 e. The van der Waals surface area contributed by atoms with Crippen molar-refractivity contribution in [3.8, 4) is 0 Å². The molecule has 0 saturated carbocycles. The number of thiocarbonyl (C=S) groups is 2. The van der Waals surface area contributed by atoms with Gasteiger partial charge in [0.15, 0.2) is 0 Å². The maximum atomic E-state index is 4.98. The summed E-state index contributed by atoms with van der Waals surface area (Å²) in [6.07, 6.45) is 0. The standard InChI is InChI=1S/2C5H10OS2.Cu/c2*1-5(2,3)6-4(7)8;/h2*1-3H3,(H,7,8);/q;;+2/p-2. The van der Waals surface area contributed by atoms with E-state index in [9.17, 15) is 0 Å². The zero-order valence-corrected chi connectivity index (χ0v) is 15.0. The Bertz CT molecular complexity index is 218. The second-order valence-corrected chi connectivity index (χ2v) is 6.93. The van der Waals surface area contributed by atoms with Gasteiger partial charge in [-0.2, -0.15) is 0 Å². The van der Waals surface area contributed by atoms with Crippen LogP contribution in [0.15, 0.2) is 0 Å². The van der Waals surface area contributed by atoms with Crippen molar-refractivity contribution in [1.29, 1.82) is 0 Å². The van der Waals surface area contributed by atoms with Gasteiger partial charge in [-0.25, -0.2) is 0 Å². The fourth-order valence-electron chi connectivity index (χ4n) is 0.500. The summed E-state index contributed by atoms with van der Waals surface area (Å²) >= 11 is 18.1. The van der Waals surface area contributed by atoms with E-state index in [2.05, 4.69) is 49.7 Å². The molecule has 0 aromatic rings. The number of ether oxygens (including phenoxy) is 2. The molecule has 1 radical (unpaired) electrons. The maximum Gasteiger partial charge on any atom is 2.00 e. The molecule has 0 aliphatic rings. The zero-order chi connectivity index (χ0) is 13.6. The first kappa shape index (κ1) is 22.9. The summed E-state index contributed by atoms with van der Waals surface area (Å²) in [4.78, 5) is 0. The molecule has 0 fully saturated rings. The van der Waals surface area contributed by atoms with Crippen LogP contribution in [-0.4, -0.2) is 20.0 Å². The van der Waals surface area contributed by atoms with E-state index in [1.807, 2.05) is 41.5 Å². The van der Waals surface area contributed by atoms with Crippen LogP contribution in [0.2, 0.25) is 0 Å². The molecule has 17 heavy (non-hydrogen) atoms. The van der Waals surface area contributed by atoms with Crippen molar-refractivity contribution < 1.29 is 26.5 Å². The van der Waals surface area contributed by atoms with Crippen molar-refractivity contribution in [3.63, 3.8) is 0 Å². The van der Waals surface area contributed by atoms with Crippen LogP contribution in [0.4, 0.5) is 0 Å². The van der Waals surface area contributed by atoms with Gasteiger partial charge in [0.2, 0.25) is 0 Å². The number of hydrogen-bond acceptors (Lipinski definition) is 6. The monoisotopic (exact) mass is 361 g/mol. The molecule has 0 aromatic heterocycles. The van der Waals surface area contributed by atoms with E-state index in [0.29, 0.717) is 0 Å². The van der Waals surface area contributed by atoms with Crippen molar-refractivity contribution in [2.24, 2.45) is 0 Å². The fraction of sp³-hybridized carbons (Fsp3) is 0.800. The SMILES string of the molecule is CC(C)(C)OC(=S)[S-].CC(C)(C)OC(=S)[S-].[Cu+2]. The van der Waals surface area contributed by atoms with Gasteiger partial charge in [-0.15, -0.1) is 0 Å². The van der Waals surface area contributed by atoms with E-state index in [0.717, 1.165) is 0 Å². The molecule has 0 bridgehead atoms. The third kappa shape index (κ3) is 31.5. The first-order valence-electron chi connectivity index (χ1n) is 4.63. The molecule has 0 unspecified atom stereocenters. The van der Waals surface area contributed by atoms with E-state index < -0.39 is 0 Å². The molecular formula is C10H18CuO2S4. The van der Waals surface area contributed by atoms with E-state index in [1.54, 1.807) is 0 Å². The summed E-state index contributed by atoms with van der Waals surface area (Å²) in [5.74, 6) is 0. The fourth-order valence-corrected chi connectivity index (χ4v) is 1.50. The molecule has 0 amide bonds. The van der Waals surface area contributed by atoms with Crippen LogP contribution in [0.5, 0.6) is 0 Å². The predicted octanol–water partition coefficient (Wildman–Crippen LogP) is 3.26. The van der Waals surface area contributed by atoms with Crippen molar-refractivity contribution >= 4 is 58.5 Å². The molecule has 0 spiro atoms. The Morgan fingerprint density at radius 1 is 0.765 bits per heavy atom. The summed E-state index contributed by atoms with van der Waals surface area (Å²) in [5, 5.41) is 0. The van der Waals surface area contributed by atoms with Crippen molar-refractivity contribution in [2.75, 3.05) is 0 Å². The quantitative estimate of drug-likeness (QED) is 0.372. The molecular weight excluding hydrogens is 344 g/mol. The van der Waals surface area contributed by atoms with Gasteiger partial charge in [0.25, 0.3) is 0 Å². The Morgan fingerprint density at radius 2 is 0.941 bits per heavy atom. The zero-order valence-electron chi connectivity index (χ0n) is 10.8. The minimum atomic E-state index is -0.223. The molecule has 0 N–H and O–H groups in total. The minimum Gasteiger partial charge on any atom is -0.508 e. The van der Waals surface area contributed by atoms with Crippen molar-refractivity contribution in [1.82, 2.24) is 0 Å². The smallest absolute Gasteiger partial charge is 0.508 e. The minimum absolute atomic E-state index is 0. The Kier molecular flexibility index (Phi) is 13.0. The molecule has 2 nitrogen and oxygen atoms in total. The van der Waals surface area contributed by atoms with Gasteiger partial charge >= 0.3 is 17.1 Å². The summed E-state index contributed by atoms with van der Waals surface area (Å²) in [7, 11) is 0. The Labute approximate surface area is 137 Å². The first-order valence-corrected chi connectivity index (χ1v) is 6.27. The first-order chi connectivity index (χ1) is 6.83. The van der Waals surface area contributed by atoms with Gasteiger partial charge in [-0.3, -0.25) is 0 Å². The Balaban J connectivity index is -0.000000218. The van der Waals surface area contributed by atoms with Gasteiger partial charge in [0.05, 0.1) is 11.2 Å². The van der Waals surface area contributed by atoms with Crippen LogP contribution >= 0.6 is 24.4 Å². The van der Waals surface area contributed by atoms with Crippen molar-refractivity contribution in [2.45, 2.75) is 52.7 Å². The maximum absolute atomic E-state index is 4.98. The number of hydrogen-bond donors (Lipinski definition) is 0. The Morgan fingerprint density at radius 3 is 0.941 bits per heavy atom. The van der Waals surface area contributed by atoms with Crippen molar-refractivity contribution in [3.05, 3.63) is 0 Å². The van der Waals surface area contributed by atoms with E-state index in [-0.39, 0.29) is 37.0 Å². The van der Waals surface area contributed by atoms with Gasteiger partial charge < -0.3 is 59.2 Å². The van der Waals surface area contributed by atoms with Gasteiger partial charge in [-0.05, 0) is 41.5 Å². The molecule has 0 atom stereocenters. The second-order valence-electron chi connectivity index (χ2n) is 4.93. The molecule has 0 heterocycles. The average molecular weight is 362 g/mol. The second kappa shape index (κ2) is 9.64. The molecule has 0 aromatic carbocycles. The molecule has 0 aliphatic carbocycles. The van der Waals surface area contributed by atoms with Gasteiger partial charge in [0, 0.05) is 8.77 Å². The topological polar surface area (TPSA) is 18.5 Å². The number of rotatable bonds is 0. The van der Waals surface area contributed by atoms with Gasteiger partial charge in [-0.1, -0.05) is 0 Å². The van der Waals surface area contributed by atoms with Crippen LogP contribution < -0.4 is 0 Å². The van der Waals surface area contributed by atoms with Crippen LogP contribution in [0.3, 0.4) is 0 Å². The summed E-state index contributed by atoms with van der Waals surface area (Å²) in [6.45, 7) is 11.5. The summed E-state index contributed by atoms with van der Waals surface area (Å²) in [6, 6.07) is 0. The van der Waals surface area contributed by atoms with E-state index in [4.69, 9.17) is 9.47 Å². The molecule has 105 valence electrons. The van der Waals surface area contributed by atoms with Gasteiger partial charge in [0.1, 0.15) is 0 Å². The molecule has 0 rings (SSSR count). The van der Waals surface area contributed by atoms with E-state index in [1.165, 1.54) is 0 Å². The summed E-state index contributed by atoms with van der Waals surface area (Å²) in [5.41, 5.74) is -0.447.